The number of hydrogen-bond donors (Lipinski definition) is 1. The highest BCUT2D eigenvalue weighted by atomic mass is 16.5. The minimum absolute atomic E-state index is 0.267. The number of carbonyl (C=O) groups excluding carboxylic acids is 1. The third kappa shape index (κ3) is 3.36. The Morgan fingerprint density at radius 1 is 1.30 bits per heavy atom. The minimum atomic E-state index is -0.267. The largest absolute Gasteiger partial charge is 0.481 e. The van der Waals surface area contributed by atoms with E-state index in [1.54, 1.807) is 24.1 Å². The minimum Gasteiger partial charge on any atom is -0.481 e. The second-order valence-corrected chi connectivity index (χ2v) is 6.33. The van der Waals surface area contributed by atoms with Crippen molar-refractivity contribution in [3.8, 4) is 22.9 Å². The fourth-order valence-corrected chi connectivity index (χ4v) is 3.12. The van der Waals surface area contributed by atoms with Gasteiger partial charge in [0.15, 0.2) is 5.69 Å². The van der Waals surface area contributed by atoms with Gasteiger partial charge in [-0.15, -0.1) is 0 Å². The van der Waals surface area contributed by atoms with Crippen LogP contribution in [-0.2, 0) is 6.54 Å². The number of nitrogens with one attached hydrogen (secondary N) is 1. The molecule has 0 unspecified atom stereocenters. The highest BCUT2D eigenvalue weighted by molar-refractivity contribution is 6.05. The van der Waals surface area contributed by atoms with Gasteiger partial charge in [-0.3, -0.25) is 4.79 Å². The molecule has 1 N–H and O–H groups in total. The Morgan fingerprint density at radius 2 is 2.19 bits per heavy atom. The van der Waals surface area contributed by atoms with Gasteiger partial charge >= 0.3 is 0 Å². The quantitative estimate of drug-likeness (QED) is 0.768. The number of hydrogen-bond acceptors (Lipinski definition) is 5. The summed E-state index contributed by atoms with van der Waals surface area (Å²) in [4.78, 5) is 17.0. The van der Waals surface area contributed by atoms with Gasteiger partial charge in [0.25, 0.3) is 5.91 Å². The van der Waals surface area contributed by atoms with Crippen LogP contribution in [0.15, 0.2) is 42.6 Å². The van der Waals surface area contributed by atoms with Gasteiger partial charge in [-0.2, -0.15) is 5.10 Å². The summed E-state index contributed by atoms with van der Waals surface area (Å²) in [5.74, 6) is 0.887. The molecule has 0 fully saturated rings. The summed E-state index contributed by atoms with van der Waals surface area (Å²) in [5.41, 5.74) is 3.84. The van der Waals surface area contributed by atoms with Crippen LogP contribution in [0.4, 0.5) is 5.69 Å². The molecule has 0 spiro atoms. The van der Waals surface area contributed by atoms with Gasteiger partial charge in [-0.25, -0.2) is 9.67 Å². The summed E-state index contributed by atoms with van der Waals surface area (Å²) >= 11 is 0. The van der Waals surface area contributed by atoms with Crippen molar-refractivity contribution < 1.29 is 14.3 Å². The molecule has 7 nitrogen and oxygen atoms in total. The van der Waals surface area contributed by atoms with E-state index in [-0.39, 0.29) is 5.91 Å². The number of aromatic nitrogens is 3. The van der Waals surface area contributed by atoms with Gasteiger partial charge in [0, 0.05) is 36.9 Å². The standard InChI is InChI=1S/C20H20N4O3/c1-13-5-3-6-15(14-7-8-21-17(11-14)26-2)19(13)22-20(25)16-12-18-24(23-16)9-4-10-27-18/h3,5-8,11-12H,4,9-10H2,1-2H3,(H,22,25). The molecule has 0 radical (unpaired) electrons. The SMILES string of the molecule is COc1cc(-c2cccc(C)c2NC(=O)c2cc3n(n2)CCCO3)ccn1. The molecule has 138 valence electrons. The highest BCUT2D eigenvalue weighted by Crippen LogP contribution is 2.32. The fraction of sp³-hybridized carbons (Fsp3) is 0.250. The van der Waals surface area contributed by atoms with Crippen LogP contribution in [0.3, 0.4) is 0 Å². The number of aryl methyl sites for hydroxylation is 2. The third-order valence-electron chi connectivity index (χ3n) is 4.51. The first-order valence-corrected chi connectivity index (χ1v) is 8.78. The fourth-order valence-electron chi connectivity index (χ4n) is 3.12. The van der Waals surface area contributed by atoms with Crippen LogP contribution in [-0.4, -0.2) is 34.4 Å². The molecular weight excluding hydrogens is 344 g/mol. The Balaban J connectivity index is 1.67. The maximum absolute atomic E-state index is 12.8. The topological polar surface area (TPSA) is 78.3 Å². The number of amides is 1. The molecule has 27 heavy (non-hydrogen) atoms. The molecule has 0 aliphatic carbocycles. The zero-order valence-corrected chi connectivity index (χ0v) is 15.2. The lowest BCUT2D eigenvalue weighted by Gasteiger charge is -2.14. The van der Waals surface area contributed by atoms with Crippen LogP contribution in [0.5, 0.6) is 11.8 Å². The summed E-state index contributed by atoms with van der Waals surface area (Å²) in [7, 11) is 1.58. The van der Waals surface area contributed by atoms with Crippen LogP contribution in [0.25, 0.3) is 11.1 Å². The Bertz CT molecular complexity index is 973. The maximum Gasteiger partial charge on any atom is 0.276 e. The lowest BCUT2D eigenvalue weighted by atomic mass is 10.0. The van der Waals surface area contributed by atoms with E-state index in [1.807, 2.05) is 37.3 Å². The van der Waals surface area contributed by atoms with Crippen LogP contribution in [0.2, 0.25) is 0 Å². The number of para-hydroxylation sites is 1. The van der Waals surface area contributed by atoms with Crippen molar-refractivity contribution in [2.75, 3.05) is 19.0 Å². The van der Waals surface area contributed by atoms with Crippen LogP contribution < -0.4 is 14.8 Å². The van der Waals surface area contributed by atoms with Crippen LogP contribution >= 0.6 is 0 Å². The van der Waals surface area contributed by atoms with Gasteiger partial charge in [0.05, 0.1) is 19.4 Å². The molecule has 1 aromatic carbocycles. The first kappa shape index (κ1) is 17.1. The number of ether oxygens (including phenoxy) is 2. The number of methoxy groups -OCH3 is 1. The van der Waals surface area contributed by atoms with E-state index in [4.69, 9.17) is 9.47 Å². The van der Waals surface area contributed by atoms with Crippen molar-refractivity contribution in [2.45, 2.75) is 19.9 Å². The zero-order valence-electron chi connectivity index (χ0n) is 15.2. The van der Waals surface area contributed by atoms with E-state index >= 15 is 0 Å². The number of fused-ring (bicyclic) bond motifs is 1. The van der Waals surface area contributed by atoms with Crippen molar-refractivity contribution in [1.29, 1.82) is 0 Å². The predicted octanol–water partition coefficient (Wildman–Crippen LogP) is 3.30. The smallest absolute Gasteiger partial charge is 0.276 e. The van der Waals surface area contributed by atoms with Gasteiger partial charge in [-0.05, 0) is 24.1 Å². The molecule has 1 amide bonds. The van der Waals surface area contributed by atoms with Crippen LogP contribution in [0, 0.1) is 6.92 Å². The first-order chi connectivity index (χ1) is 13.2. The van der Waals surface area contributed by atoms with E-state index in [0.29, 0.717) is 24.1 Å². The van der Waals surface area contributed by atoms with E-state index in [9.17, 15) is 4.79 Å². The number of rotatable bonds is 4. The molecule has 1 aliphatic rings. The lowest BCUT2D eigenvalue weighted by molar-refractivity contribution is 0.102. The van der Waals surface area contributed by atoms with E-state index in [2.05, 4.69) is 15.4 Å². The molecule has 4 rings (SSSR count). The van der Waals surface area contributed by atoms with Crippen molar-refractivity contribution >= 4 is 11.6 Å². The van der Waals surface area contributed by atoms with Crippen molar-refractivity contribution in [1.82, 2.24) is 14.8 Å². The Morgan fingerprint density at radius 3 is 3.00 bits per heavy atom. The predicted molar refractivity (Wildman–Crippen MR) is 101 cm³/mol. The molecule has 7 heteroatoms. The number of nitrogens with zero attached hydrogens (tertiary/aromatic N) is 3. The van der Waals surface area contributed by atoms with Gasteiger partial charge in [0.2, 0.25) is 11.8 Å². The normalized spacial score (nSPS) is 12.8. The van der Waals surface area contributed by atoms with Gasteiger partial charge in [0.1, 0.15) is 0 Å². The summed E-state index contributed by atoms with van der Waals surface area (Å²) in [5, 5.41) is 7.36. The zero-order chi connectivity index (χ0) is 18.8. The Labute approximate surface area is 156 Å². The molecule has 0 atom stereocenters. The van der Waals surface area contributed by atoms with Crippen molar-refractivity contribution in [3.05, 3.63) is 53.9 Å². The monoisotopic (exact) mass is 364 g/mol. The van der Waals surface area contributed by atoms with Crippen LogP contribution in [0.1, 0.15) is 22.5 Å². The van der Waals surface area contributed by atoms with Gasteiger partial charge < -0.3 is 14.8 Å². The Hall–Kier alpha value is -3.35. The average Bonchev–Trinajstić information content (AvgIpc) is 3.14. The summed E-state index contributed by atoms with van der Waals surface area (Å²) in [6, 6.07) is 11.3. The Kier molecular flexibility index (Phi) is 4.50. The molecule has 0 saturated carbocycles. The molecular formula is C20H20N4O3. The van der Waals surface area contributed by atoms with Crippen molar-refractivity contribution in [2.24, 2.45) is 0 Å². The van der Waals surface area contributed by atoms with E-state index < -0.39 is 0 Å². The maximum atomic E-state index is 12.8. The summed E-state index contributed by atoms with van der Waals surface area (Å²) < 4.78 is 12.5. The number of pyridine rings is 1. The first-order valence-electron chi connectivity index (χ1n) is 8.78. The molecule has 3 aromatic rings. The van der Waals surface area contributed by atoms with E-state index in [1.165, 1.54) is 0 Å². The summed E-state index contributed by atoms with van der Waals surface area (Å²) in [6.07, 6.45) is 2.57. The third-order valence-corrected chi connectivity index (χ3v) is 4.51. The number of benzene rings is 1. The number of anilines is 1. The number of carbonyl (C=O) groups is 1. The van der Waals surface area contributed by atoms with E-state index in [0.717, 1.165) is 35.3 Å². The second-order valence-electron chi connectivity index (χ2n) is 6.33. The molecule has 0 saturated heterocycles. The van der Waals surface area contributed by atoms with Crippen molar-refractivity contribution in [3.63, 3.8) is 0 Å². The summed E-state index contributed by atoms with van der Waals surface area (Å²) in [6.45, 7) is 3.37. The lowest BCUT2D eigenvalue weighted by Crippen LogP contribution is -2.16. The van der Waals surface area contributed by atoms with Gasteiger partial charge in [-0.1, -0.05) is 18.2 Å². The molecule has 3 heterocycles. The molecule has 2 aromatic heterocycles. The average molecular weight is 364 g/mol. The second kappa shape index (κ2) is 7.11. The highest BCUT2D eigenvalue weighted by Gasteiger charge is 2.20. The molecule has 0 bridgehead atoms. The molecule has 1 aliphatic heterocycles.